The third-order valence-electron chi connectivity index (χ3n) is 5.32. The number of benzene rings is 2. The Morgan fingerprint density at radius 1 is 0.931 bits per heavy atom. The molecule has 0 aliphatic carbocycles. The van der Waals surface area contributed by atoms with E-state index in [9.17, 15) is 0 Å². The smallest absolute Gasteiger partial charge is 0.225 e. The van der Waals surface area contributed by atoms with Crippen molar-refractivity contribution in [1.29, 1.82) is 0 Å². The molecule has 1 fully saturated rings. The standard InChI is InChI=1S/C24H28N4O/c1-29-21-12-10-19(11-13-21)14-15-25-24-26-22(20-8-4-2-5-9-20)18-23(27-24)28-16-6-3-7-17-28/h2,4-5,8-13,18H,3,6-7,14-17H2,1H3,(H,25,26,27). The fourth-order valence-corrected chi connectivity index (χ4v) is 3.67. The zero-order valence-electron chi connectivity index (χ0n) is 17.0. The maximum atomic E-state index is 5.23. The van der Waals surface area contributed by atoms with Crippen molar-refractivity contribution in [2.75, 3.05) is 37.0 Å². The Labute approximate surface area is 172 Å². The molecule has 1 saturated heterocycles. The van der Waals surface area contributed by atoms with Crippen LogP contribution < -0.4 is 15.0 Å². The van der Waals surface area contributed by atoms with Gasteiger partial charge < -0.3 is 15.0 Å². The van der Waals surface area contributed by atoms with E-state index >= 15 is 0 Å². The Kier molecular flexibility index (Phi) is 6.25. The van der Waals surface area contributed by atoms with Crippen molar-refractivity contribution >= 4 is 11.8 Å². The van der Waals surface area contributed by atoms with Gasteiger partial charge in [-0.05, 0) is 43.4 Å². The summed E-state index contributed by atoms with van der Waals surface area (Å²) in [5, 5.41) is 3.43. The molecule has 3 aromatic rings. The van der Waals surface area contributed by atoms with Crippen molar-refractivity contribution in [3.8, 4) is 17.0 Å². The van der Waals surface area contributed by atoms with Gasteiger partial charge in [-0.2, -0.15) is 4.98 Å². The molecule has 5 nitrogen and oxygen atoms in total. The third kappa shape index (κ3) is 5.05. The van der Waals surface area contributed by atoms with E-state index in [1.807, 2.05) is 18.2 Å². The molecule has 0 saturated carbocycles. The fraction of sp³-hybridized carbons (Fsp3) is 0.333. The molecule has 0 spiro atoms. The highest BCUT2D eigenvalue weighted by molar-refractivity contribution is 5.64. The zero-order valence-corrected chi connectivity index (χ0v) is 17.0. The topological polar surface area (TPSA) is 50.3 Å². The number of hydrogen-bond donors (Lipinski definition) is 1. The second-order valence-corrected chi connectivity index (χ2v) is 7.37. The Morgan fingerprint density at radius 2 is 1.69 bits per heavy atom. The van der Waals surface area contributed by atoms with E-state index in [-0.39, 0.29) is 0 Å². The van der Waals surface area contributed by atoms with Crippen LogP contribution in [0.25, 0.3) is 11.3 Å². The molecular formula is C24H28N4O. The van der Waals surface area contributed by atoms with E-state index in [1.165, 1.54) is 24.8 Å². The zero-order chi connectivity index (χ0) is 19.9. The monoisotopic (exact) mass is 388 g/mol. The van der Waals surface area contributed by atoms with Crippen LogP contribution in [-0.2, 0) is 6.42 Å². The Morgan fingerprint density at radius 3 is 2.41 bits per heavy atom. The fourth-order valence-electron chi connectivity index (χ4n) is 3.67. The molecule has 1 N–H and O–H groups in total. The van der Waals surface area contributed by atoms with Gasteiger partial charge in [-0.15, -0.1) is 0 Å². The van der Waals surface area contributed by atoms with E-state index in [0.29, 0.717) is 5.95 Å². The first-order valence-corrected chi connectivity index (χ1v) is 10.4. The molecule has 0 bridgehead atoms. The Hall–Kier alpha value is -3.08. The van der Waals surface area contributed by atoms with Crippen LogP contribution in [0.3, 0.4) is 0 Å². The van der Waals surface area contributed by atoms with E-state index in [1.54, 1.807) is 7.11 Å². The van der Waals surface area contributed by atoms with Gasteiger partial charge in [-0.1, -0.05) is 42.5 Å². The molecule has 1 aliphatic heterocycles. The normalized spacial score (nSPS) is 13.9. The average molecular weight is 389 g/mol. The van der Waals surface area contributed by atoms with Crippen LogP contribution >= 0.6 is 0 Å². The van der Waals surface area contributed by atoms with Gasteiger partial charge >= 0.3 is 0 Å². The second kappa shape index (κ2) is 9.41. The molecule has 1 aliphatic rings. The first-order valence-electron chi connectivity index (χ1n) is 10.4. The highest BCUT2D eigenvalue weighted by Crippen LogP contribution is 2.25. The number of nitrogens with one attached hydrogen (secondary N) is 1. The largest absolute Gasteiger partial charge is 0.497 e. The summed E-state index contributed by atoms with van der Waals surface area (Å²) in [7, 11) is 1.69. The maximum absolute atomic E-state index is 5.23. The second-order valence-electron chi connectivity index (χ2n) is 7.37. The van der Waals surface area contributed by atoms with Crippen molar-refractivity contribution in [1.82, 2.24) is 9.97 Å². The predicted octanol–water partition coefficient (Wildman–Crippen LogP) is 4.80. The van der Waals surface area contributed by atoms with Gasteiger partial charge in [-0.3, -0.25) is 0 Å². The predicted molar refractivity (Wildman–Crippen MR) is 119 cm³/mol. The van der Waals surface area contributed by atoms with Gasteiger partial charge in [0.05, 0.1) is 12.8 Å². The van der Waals surface area contributed by atoms with Crippen LogP contribution in [0.5, 0.6) is 5.75 Å². The molecule has 1 aromatic heterocycles. The summed E-state index contributed by atoms with van der Waals surface area (Å²) in [5.41, 5.74) is 3.34. The highest BCUT2D eigenvalue weighted by Gasteiger charge is 2.15. The molecule has 2 heterocycles. The lowest BCUT2D eigenvalue weighted by atomic mass is 10.1. The van der Waals surface area contributed by atoms with E-state index < -0.39 is 0 Å². The van der Waals surface area contributed by atoms with Crippen LogP contribution in [0, 0.1) is 0 Å². The van der Waals surface area contributed by atoms with Crippen LogP contribution in [-0.4, -0.2) is 36.7 Å². The summed E-state index contributed by atoms with van der Waals surface area (Å²) in [5.74, 6) is 2.60. The van der Waals surface area contributed by atoms with Gasteiger partial charge in [-0.25, -0.2) is 4.98 Å². The summed E-state index contributed by atoms with van der Waals surface area (Å²) in [6, 6.07) is 20.6. The molecule has 150 valence electrons. The Bertz CT molecular complexity index is 906. The van der Waals surface area contributed by atoms with Gasteiger partial charge in [0.15, 0.2) is 0 Å². The summed E-state index contributed by atoms with van der Waals surface area (Å²) >= 11 is 0. The lowest BCUT2D eigenvalue weighted by Crippen LogP contribution is -2.30. The minimum atomic E-state index is 0.695. The molecule has 29 heavy (non-hydrogen) atoms. The van der Waals surface area contributed by atoms with Crippen molar-refractivity contribution in [3.63, 3.8) is 0 Å². The first kappa shape index (κ1) is 19.2. The van der Waals surface area contributed by atoms with Crippen molar-refractivity contribution in [2.24, 2.45) is 0 Å². The van der Waals surface area contributed by atoms with Crippen LogP contribution in [0.2, 0.25) is 0 Å². The van der Waals surface area contributed by atoms with Crippen LogP contribution in [0.15, 0.2) is 60.7 Å². The van der Waals surface area contributed by atoms with Gasteiger partial charge in [0.25, 0.3) is 0 Å². The lowest BCUT2D eigenvalue weighted by Gasteiger charge is -2.28. The highest BCUT2D eigenvalue weighted by atomic mass is 16.5. The van der Waals surface area contributed by atoms with E-state index in [4.69, 9.17) is 14.7 Å². The average Bonchev–Trinajstić information content (AvgIpc) is 2.80. The molecule has 4 rings (SSSR count). The van der Waals surface area contributed by atoms with Gasteiger partial charge in [0.1, 0.15) is 11.6 Å². The summed E-state index contributed by atoms with van der Waals surface area (Å²) in [4.78, 5) is 12.0. The van der Waals surface area contributed by atoms with Gasteiger partial charge in [0, 0.05) is 31.3 Å². The first-order chi connectivity index (χ1) is 14.3. The molecule has 5 heteroatoms. The lowest BCUT2D eigenvalue weighted by molar-refractivity contribution is 0.414. The number of piperidine rings is 1. The number of ether oxygens (including phenoxy) is 1. The number of rotatable bonds is 7. The van der Waals surface area contributed by atoms with Crippen molar-refractivity contribution in [2.45, 2.75) is 25.7 Å². The number of anilines is 2. The number of hydrogen-bond acceptors (Lipinski definition) is 5. The minimum absolute atomic E-state index is 0.695. The number of aromatic nitrogens is 2. The quantitative estimate of drug-likeness (QED) is 0.630. The van der Waals surface area contributed by atoms with Crippen LogP contribution in [0.1, 0.15) is 24.8 Å². The van der Waals surface area contributed by atoms with E-state index in [0.717, 1.165) is 48.9 Å². The number of methoxy groups -OCH3 is 1. The van der Waals surface area contributed by atoms with Crippen LogP contribution in [0.4, 0.5) is 11.8 Å². The minimum Gasteiger partial charge on any atom is -0.497 e. The van der Waals surface area contributed by atoms with Crippen molar-refractivity contribution < 1.29 is 4.74 Å². The van der Waals surface area contributed by atoms with E-state index in [2.05, 4.69) is 52.7 Å². The molecular weight excluding hydrogens is 360 g/mol. The SMILES string of the molecule is COc1ccc(CCNc2nc(-c3ccccc3)cc(N3CCCCC3)n2)cc1. The third-order valence-corrected chi connectivity index (χ3v) is 5.32. The molecule has 0 amide bonds. The van der Waals surface area contributed by atoms with Gasteiger partial charge in [0.2, 0.25) is 5.95 Å². The number of nitrogens with zero attached hydrogens (tertiary/aromatic N) is 3. The molecule has 0 radical (unpaired) electrons. The molecule has 0 unspecified atom stereocenters. The summed E-state index contributed by atoms with van der Waals surface area (Å²) < 4.78 is 5.23. The molecule has 0 atom stereocenters. The van der Waals surface area contributed by atoms with Crippen molar-refractivity contribution in [3.05, 3.63) is 66.2 Å². The summed E-state index contributed by atoms with van der Waals surface area (Å²) in [6.07, 6.45) is 4.66. The maximum Gasteiger partial charge on any atom is 0.225 e. The molecule has 2 aromatic carbocycles. The summed E-state index contributed by atoms with van der Waals surface area (Å²) in [6.45, 7) is 2.91. The Balaban J connectivity index is 1.51.